The van der Waals surface area contributed by atoms with Crippen molar-refractivity contribution in [1.29, 1.82) is 0 Å². The van der Waals surface area contributed by atoms with Gasteiger partial charge in [-0.1, -0.05) is 30.3 Å². The second kappa shape index (κ2) is 6.79. The summed E-state index contributed by atoms with van der Waals surface area (Å²) in [6.45, 7) is 0.622. The Morgan fingerprint density at radius 2 is 1.86 bits per heavy atom. The molecular formula is C18H16BrNO2. The Kier molecular flexibility index (Phi) is 4.59. The molecule has 0 atom stereocenters. The zero-order chi connectivity index (χ0) is 15.4. The highest BCUT2D eigenvalue weighted by Crippen LogP contribution is 2.19. The number of carbonyl (C=O) groups excluding carboxylic acids is 1. The number of nitrogens with one attached hydrogen (secondary N) is 1. The maximum Gasteiger partial charge on any atom is 0.252 e. The fourth-order valence-electron chi connectivity index (χ4n) is 2.37. The van der Waals surface area contributed by atoms with E-state index < -0.39 is 0 Å². The summed E-state index contributed by atoms with van der Waals surface area (Å²) in [7, 11) is 0. The van der Waals surface area contributed by atoms with E-state index in [-0.39, 0.29) is 5.91 Å². The standard InChI is InChI=1S/C18H16BrNO2/c19-16-9-3-2-8-15(16)18(21)20-11-5-7-14-12-13-6-1-4-10-17(13)22-14/h1-4,6,8-10,12H,5,7,11H2,(H,20,21). The Labute approximate surface area is 137 Å². The normalized spacial score (nSPS) is 10.8. The van der Waals surface area contributed by atoms with Crippen molar-refractivity contribution in [3.05, 3.63) is 70.4 Å². The number of carbonyl (C=O) groups is 1. The Morgan fingerprint density at radius 3 is 2.68 bits per heavy atom. The Morgan fingerprint density at radius 1 is 1.09 bits per heavy atom. The second-order valence-corrected chi connectivity index (χ2v) is 5.94. The summed E-state index contributed by atoms with van der Waals surface area (Å²) in [6.07, 6.45) is 1.65. The van der Waals surface area contributed by atoms with Crippen molar-refractivity contribution >= 4 is 32.8 Å². The molecule has 0 unspecified atom stereocenters. The predicted octanol–water partition coefficient (Wildman–Crippen LogP) is 4.56. The van der Waals surface area contributed by atoms with Gasteiger partial charge in [0.05, 0.1) is 5.56 Å². The van der Waals surface area contributed by atoms with E-state index in [9.17, 15) is 4.79 Å². The SMILES string of the molecule is O=C(NCCCc1cc2ccccc2o1)c1ccccc1Br. The third-order valence-corrected chi connectivity index (χ3v) is 4.17. The van der Waals surface area contributed by atoms with Gasteiger partial charge in [0, 0.05) is 22.8 Å². The highest BCUT2D eigenvalue weighted by Gasteiger charge is 2.08. The summed E-state index contributed by atoms with van der Waals surface area (Å²) < 4.78 is 6.57. The molecule has 1 amide bonds. The number of amides is 1. The lowest BCUT2D eigenvalue weighted by molar-refractivity contribution is 0.0952. The topological polar surface area (TPSA) is 42.2 Å². The second-order valence-electron chi connectivity index (χ2n) is 5.09. The van der Waals surface area contributed by atoms with Crippen LogP contribution < -0.4 is 5.32 Å². The van der Waals surface area contributed by atoms with E-state index in [1.807, 2.05) is 42.5 Å². The van der Waals surface area contributed by atoms with Crippen LogP contribution in [0.15, 0.2) is 63.5 Å². The van der Waals surface area contributed by atoms with Gasteiger partial charge in [-0.25, -0.2) is 0 Å². The summed E-state index contributed by atoms with van der Waals surface area (Å²) in [5, 5.41) is 4.05. The molecule has 0 aliphatic carbocycles. The molecular weight excluding hydrogens is 342 g/mol. The van der Waals surface area contributed by atoms with Crippen molar-refractivity contribution in [3.63, 3.8) is 0 Å². The quantitative estimate of drug-likeness (QED) is 0.680. The molecule has 0 saturated heterocycles. The van der Waals surface area contributed by atoms with Crippen LogP contribution in [0.5, 0.6) is 0 Å². The lowest BCUT2D eigenvalue weighted by Gasteiger charge is -2.06. The Balaban J connectivity index is 1.51. The molecule has 0 fully saturated rings. The summed E-state index contributed by atoms with van der Waals surface area (Å²) >= 11 is 3.39. The third kappa shape index (κ3) is 3.39. The van der Waals surface area contributed by atoms with E-state index >= 15 is 0 Å². The number of para-hydroxylation sites is 1. The van der Waals surface area contributed by atoms with Crippen LogP contribution in [0.4, 0.5) is 0 Å². The third-order valence-electron chi connectivity index (χ3n) is 3.48. The summed E-state index contributed by atoms with van der Waals surface area (Å²) in [5.74, 6) is 0.897. The molecule has 2 aromatic carbocycles. The number of benzene rings is 2. The highest BCUT2D eigenvalue weighted by atomic mass is 79.9. The maximum atomic E-state index is 12.1. The molecule has 4 heteroatoms. The van der Waals surface area contributed by atoms with Gasteiger partial charge in [-0.3, -0.25) is 4.79 Å². The molecule has 3 rings (SSSR count). The van der Waals surface area contributed by atoms with Gasteiger partial charge in [-0.2, -0.15) is 0 Å². The summed E-state index contributed by atoms with van der Waals surface area (Å²) in [4.78, 5) is 12.1. The number of rotatable bonds is 5. The van der Waals surface area contributed by atoms with Crippen molar-refractivity contribution in [2.24, 2.45) is 0 Å². The van der Waals surface area contributed by atoms with E-state index in [0.29, 0.717) is 12.1 Å². The first-order valence-electron chi connectivity index (χ1n) is 7.24. The van der Waals surface area contributed by atoms with Gasteiger partial charge in [-0.15, -0.1) is 0 Å². The number of aryl methyl sites for hydroxylation is 1. The number of fused-ring (bicyclic) bond motifs is 1. The first-order valence-corrected chi connectivity index (χ1v) is 8.03. The minimum atomic E-state index is -0.0583. The fourth-order valence-corrected chi connectivity index (χ4v) is 2.83. The largest absolute Gasteiger partial charge is 0.461 e. The molecule has 0 aliphatic rings. The van der Waals surface area contributed by atoms with Crippen molar-refractivity contribution in [2.75, 3.05) is 6.54 Å². The molecule has 3 aromatic rings. The minimum Gasteiger partial charge on any atom is -0.461 e. The number of hydrogen-bond acceptors (Lipinski definition) is 2. The van der Waals surface area contributed by atoms with E-state index in [0.717, 1.165) is 34.0 Å². The molecule has 1 heterocycles. The van der Waals surface area contributed by atoms with Gasteiger partial charge in [0.1, 0.15) is 11.3 Å². The first-order chi connectivity index (χ1) is 10.7. The average Bonchev–Trinajstić information content (AvgIpc) is 2.94. The smallest absolute Gasteiger partial charge is 0.252 e. The van der Waals surface area contributed by atoms with Crippen LogP contribution in [0.25, 0.3) is 11.0 Å². The van der Waals surface area contributed by atoms with Gasteiger partial charge >= 0.3 is 0 Å². The van der Waals surface area contributed by atoms with Crippen LogP contribution in [0.2, 0.25) is 0 Å². The minimum absolute atomic E-state index is 0.0583. The fraction of sp³-hybridized carbons (Fsp3) is 0.167. The van der Waals surface area contributed by atoms with Crippen LogP contribution in [-0.4, -0.2) is 12.5 Å². The van der Waals surface area contributed by atoms with Crippen molar-refractivity contribution < 1.29 is 9.21 Å². The molecule has 0 radical (unpaired) electrons. The molecule has 0 saturated carbocycles. The van der Waals surface area contributed by atoms with Crippen LogP contribution >= 0.6 is 15.9 Å². The number of furan rings is 1. The number of hydrogen-bond donors (Lipinski definition) is 1. The van der Waals surface area contributed by atoms with E-state index in [1.54, 1.807) is 6.07 Å². The van der Waals surface area contributed by atoms with Gasteiger partial charge in [-0.05, 0) is 46.6 Å². The molecule has 0 aliphatic heterocycles. The molecule has 3 nitrogen and oxygen atoms in total. The lowest BCUT2D eigenvalue weighted by Crippen LogP contribution is -2.25. The van der Waals surface area contributed by atoms with Gasteiger partial charge < -0.3 is 9.73 Å². The maximum absolute atomic E-state index is 12.1. The van der Waals surface area contributed by atoms with Gasteiger partial charge in [0.15, 0.2) is 0 Å². The van der Waals surface area contributed by atoms with Gasteiger partial charge in [0.25, 0.3) is 5.91 Å². The monoisotopic (exact) mass is 357 g/mol. The molecule has 1 N–H and O–H groups in total. The predicted molar refractivity (Wildman–Crippen MR) is 91.0 cm³/mol. The Hall–Kier alpha value is -2.07. The molecule has 22 heavy (non-hydrogen) atoms. The first kappa shape index (κ1) is 14.9. The van der Waals surface area contributed by atoms with E-state index in [1.165, 1.54) is 0 Å². The van der Waals surface area contributed by atoms with Crippen LogP contribution in [-0.2, 0) is 6.42 Å². The van der Waals surface area contributed by atoms with Gasteiger partial charge in [0.2, 0.25) is 0 Å². The van der Waals surface area contributed by atoms with Crippen molar-refractivity contribution in [3.8, 4) is 0 Å². The Bertz CT molecular complexity index is 761. The van der Waals surface area contributed by atoms with Crippen LogP contribution in [0.1, 0.15) is 22.5 Å². The summed E-state index contributed by atoms with van der Waals surface area (Å²) in [5.41, 5.74) is 1.57. The molecule has 0 spiro atoms. The van der Waals surface area contributed by atoms with Crippen molar-refractivity contribution in [1.82, 2.24) is 5.32 Å². The molecule has 112 valence electrons. The van der Waals surface area contributed by atoms with E-state index in [2.05, 4.69) is 27.3 Å². The molecule has 1 aromatic heterocycles. The highest BCUT2D eigenvalue weighted by molar-refractivity contribution is 9.10. The molecule has 0 bridgehead atoms. The number of halogens is 1. The summed E-state index contributed by atoms with van der Waals surface area (Å²) in [6, 6.07) is 17.4. The zero-order valence-corrected chi connectivity index (χ0v) is 13.6. The van der Waals surface area contributed by atoms with Crippen LogP contribution in [0, 0.1) is 0 Å². The zero-order valence-electron chi connectivity index (χ0n) is 12.0. The average molecular weight is 358 g/mol. The van der Waals surface area contributed by atoms with Crippen molar-refractivity contribution in [2.45, 2.75) is 12.8 Å². The van der Waals surface area contributed by atoms with E-state index in [4.69, 9.17) is 4.42 Å². The van der Waals surface area contributed by atoms with Crippen LogP contribution in [0.3, 0.4) is 0 Å². The lowest BCUT2D eigenvalue weighted by atomic mass is 10.2.